The first-order chi connectivity index (χ1) is 15.8. The van der Waals surface area contributed by atoms with Crippen LogP contribution in [-0.2, 0) is 6.54 Å². The third-order valence-corrected chi connectivity index (χ3v) is 6.46. The van der Waals surface area contributed by atoms with E-state index in [0.29, 0.717) is 28.4 Å². The largest absolute Gasteiger partial charge is 0.319 e. The summed E-state index contributed by atoms with van der Waals surface area (Å²) in [7, 11) is 0. The van der Waals surface area contributed by atoms with Crippen LogP contribution >= 0.6 is 15.9 Å². The van der Waals surface area contributed by atoms with Gasteiger partial charge < -0.3 is 5.32 Å². The quantitative estimate of drug-likeness (QED) is 0.344. The number of hydrogen-bond donors (Lipinski definition) is 1. The van der Waals surface area contributed by atoms with Crippen molar-refractivity contribution < 1.29 is 13.6 Å². The molecule has 1 amide bonds. The maximum atomic E-state index is 13.6. The van der Waals surface area contributed by atoms with E-state index in [2.05, 4.69) is 26.3 Å². The van der Waals surface area contributed by atoms with E-state index >= 15 is 0 Å². The molecule has 4 aromatic rings. The van der Waals surface area contributed by atoms with Crippen molar-refractivity contribution >= 4 is 38.4 Å². The first-order valence-corrected chi connectivity index (χ1v) is 11.5. The van der Waals surface area contributed by atoms with Crippen LogP contribution in [0.2, 0.25) is 0 Å². The first kappa shape index (κ1) is 21.7. The van der Waals surface area contributed by atoms with Gasteiger partial charge in [-0.2, -0.15) is 5.10 Å². The maximum Gasteiger partial charge on any atom is 0.256 e. The van der Waals surface area contributed by atoms with Crippen molar-refractivity contribution in [1.29, 1.82) is 0 Å². The van der Waals surface area contributed by atoms with E-state index in [4.69, 9.17) is 4.98 Å². The predicted molar refractivity (Wildman–Crippen MR) is 127 cm³/mol. The van der Waals surface area contributed by atoms with Crippen molar-refractivity contribution in [1.82, 2.24) is 14.8 Å². The molecule has 0 bridgehead atoms. The number of nitrogens with one attached hydrogen (secondary N) is 1. The summed E-state index contributed by atoms with van der Waals surface area (Å²) >= 11 is 3.49. The highest BCUT2D eigenvalue weighted by Gasteiger charge is 2.27. The van der Waals surface area contributed by atoms with Crippen LogP contribution in [-0.4, -0.2) is 20.7 Å². The highest BCUT2D eigenvalue weighted by Crippen LogP contribution is 2.40. The smallest absolute Gasteiger partial charge is 0.256 e. The third kappa shape index (κ3) is 4.27. The number of pyridine rings is 1. The van der Waals surface area contributed by atoms with Crippen LogP contribution in [0.4, 0.5) is 14.5 Å². The van der Waals surface area contributed by atoms with Crippen LogP contribution in [0.3, 0.4) is 0 Å². The molecule has 5 rings (SSSR count). The fraction of sp³-hybridized carbons (Fsp3) is 0.240. The standard InChI is InChI=1S/C25H21BrF2N4O/c1-13-24(14(2)32(31-13)12-15-3-7-20(27)21(28)9-15)30-25(33)19-11-23(16-4-5-16)29-22-8-6-17(26)10-18(19)22/h3,6-11,16H,4-5,12H2,1-2H3,(H,30,33). The average molecular weight is 511 g/mol. The van der Waals surface area contributed by atoms with E-state index in [0.717, 1.165) is 51.7 Å². The fourth-order valence-electron chi connectivity index (χ4n) is 4.02. The van der Waals surface area contributed by atoms with Crippen LogP contribution < -0.4 is 5.32 Å². The summed E-state index contributed by atoms with van der Waals surface area (Å²) in [6.45, 7) is 3.91. The van der Waals surface area contributed by atoms with Crippen molar-refractivity contribution in [2.75, 3.05) is 5.32 Å². The highest BCUT2D eigenvalue weighted by atomic mass is 79.9. The summed E-state index contributed by atoms with van der Waals surface area (Å²) in [5, 5.41) is 8.30. The van der Waals surface area contributed by atoms with Crippen LogP contribution in [0.5, 0.6) is 0 Å². The number of halogens is 3. The molecule has 1 aliphatic rings. The summed E-state index contributed by atoms with van der Waals surface area (Å²) in [6.07, 6.45) is 2.18. The number of rotatable bonds is 5. The van der Waals surface area contributed by atoms with Crippen molar-refractivity contribution in [3.05, 3.63) is 86.8 Å². The summed E-state index contributed by atoms with van der Waals surface area (Å²) in [5.74, 6) is -1.61. The first-order valence-electron chi connectivity index (χ1n) is 10.7. The minimum absolute atomic E-state index is 0.235. The van der Waals surface area contributed by atoms with E-state index in [1.165, 1.54) is 6.07 Å². The fourth-order valence-corrected chi connectivity index (χ4v) is 4.38. The van der Waals surface area contributed by atoms with Gasteiger partial charge in [0, 0.05) is 21.5 Å². The molecular formula is C25H21BrF2N4O. The maximum absolute atomic E-state index is 13.6. The second-order valence-corrected chi connectivity index (χ2v) is 9.35. The Morgan fingerprint density at radius 1 is 1.12 bits per heavy atom. The Morgan fingerprint density at radius 2 is 1.91 bits per heavy atom. The zero-order valence-electron chi connectivity index (χ0n) is 18.1. The lowest BCUT2D eigenvalue weighted by Gasteiger charge is -2.11. The second-order valence-electron chi connectivity index (χ2n) is 8.44. The van der Waals surface area contributed by atoms with Crippen molar-refractivity contribution in [2.24, 2.45) is 0 Å². The van der Waals surface area contributed by atoms with Gasteiger partial charge in [-0.05, 0) is 68.7 Å². The van der Waals surface area contributed by atoms with Crippen molar-refractivity contribution in [2.45, 2.75) is 39.2 Å². The molecule has 0 spiro atoms. The Bertz CT molecular complexity index is 1410. The van der Waals surface area contributed by atoms with Crippen LogP contribution in [0.25, 0.3) is 10.9 Å². The van der Waals surface area contributed by atoms with Gasteiger partial charge in [-0.3, -0.25) is 14.5 Å². The Kier molecular flexibility index (Phi) is 5.48. The molecule has 33 heavy (non-hydrogen) atoms. The van der Waals surface area contributed by atoms with Gasteiger partial charge in [-0.15, -0.1) is 0 Å². The van der Waals surface area contributed by atoms with Crippen LogP contribution in [0, 0.1) is 25.5 Å². The van der Waals surface area contributed by atoms with Gasteiger partial charge in [0.1, 0.15) is 0 Å². The van der Waals surface area contributed by atoms with Crippen LogP contribution in [0.15, 0.2) is 46.9 Å². The molecule has 0 atom stereocenters. The van der Waals surface area contributed by atoms with Gasteiger partial charge in [0.05, 0.1) is 34.7 Å². The summed E-state index contributed by atoms with van der Waals surface area (Å²) in [4.78, 5) is 18.2. The number of amides is 1. The van der Waals surface area contributed by atoms with Gasteiger partial charge in [0.25, 0.3) is 5.91 Å². The van der Waals surface area contributed by atoms with E-state index < -0.39 is 11.6 Å². The van der Waals surface area contributed by atoms with Gasteiger partial charge in [0.2, 0.25) is 0 Å². The number of nitrogens with zero attached hydrogens (tertiary/aromatic N) is 3. The minimum Gasteiger partial charge on any atom is -0.319 e. The molecule has 0 unspecified atom stereocenters. The molecule has 0 radical (unpaired) electrons. The number of aryl methyl sites for hydroxylation is 1. The average Bonchev–Trinajstić information content (AvgIpc) is 3.60. The van der Waals surface area contributed by atoms with Crippen LogP contribution in [0.1, 0.15) is 51.8 Å². The molecule has 5 nitrogen and oxygen atoms in total. The topological polar surface area (TPSA) is 59.8 Å². The highest BCUT2D eigenvalue weighted by molar-refractivity contribution is 9.10. The monoisotopic (exact) mass is 510 g/mol. The van der Waals surface area contributed by atoms with Crippen molar-refractivity contribution in [3.63, 3.8) is 0 Å². The Morgan fingerprint density at radius 3 is 2.64 bits per heavy atom. The second kappa shape index (κ2) is 8.33. The molecule has 2 aromatic carbocycles. The van der Waals surface area contributed by atoms with Crippen molar-refractivity contribution in [3.8, 4) is 0 Å². The zero-order valence-corrected chi connectivity index (χ0v) is 19.7. The van der Waals surface area contributed by atoms with E-state index in [9.17, 15) is 13.6 Å². The molecule has 1 fully saturated rings. The Hall–Kier alpha value is -3.13. The molecule has 1 N–H and O–H groups in total. The lowest BCUT2D eigenvalue weighted by molar-refractivity contribution is 0.102. The minimum atomic E-state index is -0.898. The molecule has 168 valence electrons. The number of benzene rings is 2. The molecule has 0 aliphatic heterocycles. The molecular weight excluding hydrogens is 490 g/mol. The molecule has 0 saturated heterocycles. The number of fused-ring (bicyclic) bond motifs is 1. The summed E-state index contributed by atoms with van der Waals surface area (Å²) < 4.78 is 29.4. The van der Waals surface area contributed by atoms with E-state index in [1.807, 2.05) is 31.2 Å². The van der Waals surface area contributed by atoms with Gasteiger partial charge >= 0.3 is 0 Å². The third-order valence-electron chi connectivity index (χ3n) is 5.97. The summed E-state index contributed by atoms with van der Waals surface area (Å²) in [5.41, 5.74) is 4.85. The lowest BCUT2D eigenvalue weighted by atomic mass is 10.1. The number of aromatic nitrogens is 3. The lowest BCUT2D eigenvalue weighted by Crippen LogP contribution is -2.15. The molecule has 8 heteroatoms. The SMILES string of the molecule is Cc1nn(Cc2ccc(F)c(F)c2)c(C)c1NC(=O)c1cc(C2CC2)nc2ccc(Br)cc12. The number of hydrogen-bond acceptors (Lipinski definition) is 3. The number of carbonyl (C=O) groups excluding carboxylic acids is 1. The Balaban J connectivity index is 1.47. The normalized spacial score (nSPS) is 13.5. The van der Waals surface area contributed by atoms with Gasteiger partial charge in [0.15, 0.2) is 11.6 Å². The zero-order chi connectivity index (χ0) is 23.3. The molecule has 1 aliphatic carbocycles. The summed E-state index contributed by atoms with van der Waals surface area (Å²) in [6, 6.07) is 11.4. The predicted octanol–water partition coefficient (Wildman–Crippen LogP) is 6.27. The Labute approximate surface area is 198 Å². The molecule has 1 saturated carbocycles. The van der Waals surface area contributed by atoms with E-state index in [-0.39, 0.29) is 12.5 Å². The van der Waals surface area contributed by atoms with Gasteiger partial charge in [-0.25, -0.2) is 8.78 Å². The number of carbonyl (C=O) groups is 1. The molecule has 2 aromatic heterocycles. The number of anilines is 1. The van der Waals surface area contributed by atoms with E-state index in [1.54, 1.807) is 11.6 Å². The van der Waals surface area contributed by atoms with Gasteiger partial charge in [-0.1, -0.05) is 22.0 Å². The molecule has 2 heterocycles.